The Hall–Kier alpha value is -0.820. The molecule has 0 bridgehead atoms. The van der Waals surface area contributed by atoms with Gasteiger partial charge in [-0.15, -0.1) is 0 Å². The Morgan fingerprint density at radius 3 is 2.31 bits per heavy atom. The number of diazo groups is 1. The molecule has 13 heavy (non-hydrogen) atoms. The Bertz CT molecular complexity index is 174. The van der Waals surface area contributed by atoms with Crippen LogP contribution in [-0.2, 0) is 0 Å². The van der Waals surface area contributed by atoms with Crippen LogP contribution in [0.15, 0.2) is 0 Å². The highest BCUT2D eigenvalue weighted by molar-refractivity contribution is 4.88. The van der Waals surface area contributed by atoms with Gasteiger partial charge in [0.05, 0.1) is 0 Å². The molecule has 1 unspecified atom stereocenters. The summed E-state index contributed by atoms with van der Waals surface area (Å²) in [4.78, 5) is 2.47. The molecule has 0 aliphatic carbocycles. The summed E-state index contributed by atoms with van der Waals surface area (Å²) in [5, 5.41) is 16.0. The Morgan fingerprint density at radius 2 is 2.00 bits per heavy atom. The van der Waals surface area contributed by atoms with E-state index in [1.165, 1.54) is 24.5 Å². The van der Waals surface area contributed by atoms with E-state index in [9.17, 15) is 0 Å². The molecule has 1 heterocycles. The van der Waals surface area contributed by atoms with Crippen molar-refractivity contribution in [1.29, 1.82) is 5.39 Å². The molecule has 0 spiro atoms. The lowest BCUT2D eigenvalue weighted by Crippen LogP contribution is -2.49. The van der Waals surface area contributed by atoms with Crippen LogP contribution in [0, 0.1) is 16.5 Å². The van der Waals surface area contributed by atoms with Crippen molar-refractivity contribution in [1.82, 2.24) is 4.90 Å². The van der Waals surface area contributed by atoms with Gasteiger partial charge in [0.25, 0.3) is 0 Å². The maximum atomic E-state index is 8.11. The molecular formula is C9H19N3O. The molecule has 1 aliphatic rings. The molecule has 4 heteroatoms. The summed E-state index contributed by atoms with van der Waals surface area (Å²) in [6.07, 6.45) is 2.78. The van der Waals surface area contributed by atoms with Gasteiger partial charge in [-0.1, -0.05) is 6.92 Å². The van der Waals surface area contributed by atoms with E-state index in [-0.39, 0.29) is 0 Å². The van der Waals surface area contributed by atoms with Crippen molar-refractivity contribution in [2.24, 2.45) is 5.92 Å². The average molecular weight is 185 g/mol. The summed E-state index contributed by atoms with van der Waals surface area (Å²) in [5.74, 6) is 0.853. The van der Waals surface area contributed by atoms with Crippen LogP contribution in [0.5, 0.6) is 0 Å². The summed E-state index contributed by atoms with van der Waals surface area (Å²) in [6, 6.07) is 0. The lowest BCUT2D eigenvalue weighted by molar-refractivity contribution is 0.0547. The van der Waals surface area contributed by atoms with E-state index in [4.69, 9.17) is 10.6 Å². The zero-order valence-corrected chi connectivity index (χ0v) is 8.95. The van der Waals surface area contributed by atoms with Crippen molar-refractivity contribution in [2.75, 3.05) is 13.6 Å². The van der Waals surface area contributed by atoms with Gasteiger partial charge >= 0.3 is 0 Å². The predicted octanol–water partition coefficient (Wildman–Crippen LogP) is 2.46. The van der Waals surface area contributed by atoms with Crippen molar-refractivity contribution in [3.8, 4) is 0 Å². The molecule has 0 radical (unpaired) electrons. The van der Waals surface area contributed by atoms with Crippen LogP contribution in [-0.4, -0.2) is 24.0 Å². The SMILES string of the molecule is CC1CCCN(C)C1(C)C.N#[N+][O-]. The molecule has 76 valence electrons. The van der Waals surface area contributed by atoms with Crippen LogP contribution in [0.25, 0.3) is 5.14 Å². The van der Waals surface area contributed by atoms with Gasteiger partial charge in [-0.2, -0.15) is 0 Å². The Kier molecular flexibility index (Phi) is 4.71. The second-order valence-electron chi connectivity index (χ2n) is 4.20. The number of rotatable bonds is 0. The Balaban J connectivity index is 0.000000424. The van der Waals surface area contributed by atoms with E-state index in [0.717, 1.165) is 5.92 Å². The largest absolute Gasteiger partial charge is 0.463 e. The third-order valence-corrected chi connectivity index (χ3v) is 3.32. The highest BCUT2D eigenvalue weighted by Gasteiger charge is 2.32. The smallest absolute Gasteiger partial charge is 0.237 e. The number of piperidine rings is 1. The van der Waals surface area contributed by atoms with Crippen LogP contribution < -0.4 is 0 Å². The minimum Gasteiger partial charge on any atom is -0.463 e. The van der Waals surface area contributed by atoms with Crippen molar-refractivity contribution >= 4 is 0 Å². The van der Waals surface area contributed by atoms with E-state index >= 15 is 0 Å². The third-order valence-electron chi connectivity index (χ3n) is 3.32. The molecular weight excluding hydrogens is 166 g/mol. The Labute approximate surface area is 80.1 Å². The highest BCUT2D eigenvalue weighted by atomic mass is 16.4. The fraction of sp³-hybridized carbons (Fsp3) is 1.00. The maximum absolute atomic E-state index is 8.11. The fourth-order valence-electron chi connectivity index (χ4n) is 1.65. The van der Waals surface area contributed by atoms with Gasteiger partial charge in [-0.25, -0.2) is 0 Å². The summed E-state index contributed by atoms with van der Waals surface area (Å²) in [6.45, 7) is 8.32. The molecule has 0 aromatic heterocycles. The lowest BCUT2D eigenvalue weighted by atomic mass is 9.81. The summed E-state index contributed by atoms with van der Waals surface area (Å²) in [5.41, 5.74) is 0.429. The first-order chi connectivity index (χ1) is 5.96. The van der Waals surface area contributed by atoms with E-state index in [1.807, 2.05) is 0 Å². The van der Waals surface area contributed by atoms with Crippen LogP contribution >= 0.6 is 0 Å². The average Bonchev–Trinajstić information content (AvgIpc) is 2.03. The normalized spacial score (nSPS) is 26.8. The lowest BCUT2D eigenvalue weighted by Gasteiger charge is -2.44. The van der Waals surface area contributed by atoms with Gasteiger partial charge in [0.1, 0.15) is 0 Å². The van der Waals surface area contributed by atoms with E-state index in [2.05, 4.69) is 32.7 Å². The van der Waals surface area contributed by atoms with Crippen LogP contribution in [0.4, 0.5) is 0 Å². The number of nitrogens with zero attached hydrogens (tertiary/aromatic N) is 3. The maximum Gasteiger partial charge on any atom is 0.237 e. The summed E-state index contributed by atoms with van der Waals surface area (Å²) < 4.78 is 0. The second kappa shape index (κ2) is 5.03. The molecule has 1 saturated heterocycles. The first kappa shape index (κ1) is 12.2. The van der Waals surface area contributed by atoms with E-state index < -0.39 is 0 Å². The molecule has 0 saturated carbocycles. The predicted molar refractivity (Wildman–Crippen MR) is 53.6 cm³/mol. The molecule has 0 N–H and O–H groups in total. The zero-order valence-electron chi connectivity index (χ0n) is 8.95. The second-order valence-corrected chi connectivity index (χ2v) is 4.20. The van der Waals surface area contributed by atoms with Crippen molar-refractivity contribution in [3.05, 3.63) is 10.3 Å². The van der Waals surface area contributed by atoms with Crippen LogP contribution in [0.2, 0.25) is 0 Å². The molecule has 1 fully saturated rings. The van der Waals surface area contributed by atoms with Crippen LogP contribution in [0.1, 0.15) is 33.6 Å². The fourth-order valence-corrected chi connectivity index (χ4v) is 1.65. The molecule has 1 rings (SSSR count). The first-order valence-corrected chi connectivity index (χ1v) is 4.64. The minimum absolute atomic E-state index is 0.429. The van der Waals surface area contributed by atoms with Crippen molar-refractivity contribution < 1.29 is 0 Å². The topological polar surface area (TPSA) is 54.5 Å². The van der Waals surface area contributed by atoms with E-state index in [1.54, 1.807) is 0 Å². The van der Waals surface area contributed by atoms with Crippen molar-refractivity contribution in [3.63, 3.8) is 0 Å². The van der Waals surface area contributed by atoms with Gasteiger partial charge in [-0.3, -0.25) is 0 Å². The van der Waals surface area contributed by atoms with Gasteiger partial charge in [0, 0.05) is 5.54 Å². The van der Waals surface area contributed by atoms with Crippen LogP contribution in [0.3, 0.4) is 0 Å². The quantitative estimate of drug-likeness (QED) is 0.430. The first-order valence-electron chi connectivity index (χ1n) is 4.64. The number of hydrogen-bond donors (Lipinski definition) is 0. The monoisotopic (exact) mass is 185 g/mol. The zero-order chi connectivity index (χ0) is 10.5. The number of hydrogen-bond acceptors (Lipinski definition) is 3. The molecule has 1 aliphatic heterocycles. The Morgan fingerprint density at radius 1 is 1.54 bits per heavy atom. The summed E-state index contributed by atoms with van der Waals surface area (Å²) >= 11 is 0. The molecule has 4 nitrogen and oxygen atoms in total. The van der Waals surface area contributed by atoms with Crippen molar-refractivity contribution in [2.45, 2.75) is 39.2 Å². The highest BCUT2D eigenvalue weighted by Crippen LogP contribution is 2.30. The summed E-state index contributed by atoms with van der Waals surface area (Å²) in [7, 11) is 2.23. The standard InChI is InChI=1S/C9H19N.N2O/c1-8-6-5-7-10(4)9(8,2)3;1-2-3/h8H,5-7H2,1-4H3;. The molecule has 0 amide bonds. The van der Waals surface area contributed by atoms with Gasteiger partial charge in [0.2, 0.25) is 10.5 Å². The molecule has 0 aromatic rings. The molecule has 1 atom stereocenters. The third kappa shape index (κ3) is 3.19. The van der Waals surface area contributed by atoms with E-state index in [0.29, 0.717) is 5.54 Å². The van der Waals surface area contributed by atoms with Gasteiger partial charge < -0.3 is 10.1 Å². The molecule has 0 aromatic carbocycles. The van der Waals surface area contributed by atoms with Gasteiger partial charge in [0.15, 0.2) is 0 Å². The minimum atomic E-state index is 0.429. The number of likely N-dealkylation sites (tertiary alicyclic amines) is 1. The van der Waals surface area contributed by atoms with Gasteiger partial charge in [-0.05, 0) is 46.2 Å².